The Hall–Kier alpha value is -2.73. The van der Waals surface area contributed by atoms with Gasteiger partial charge >= 0.3 is 6.01 Å². The fraction of sp³-hybridized carbons (Fsp3) is 0. The molecule has 5 nitrogen and oxygen atoms in total. The molecule has 0 atom stereocenters. The summed E-state index contributed by atoms with van der Waals surface area (Å²) in [5, 5.41) is 12.1. The highest BCUT2D eigenvalue weighted by molar-refractivity contribution is 7.13. The van der Waals surface area contributed by atoms with Crippen molar-refractivity contribution in [2.45, 2.75) is 0 Å². The Morgan fingerprint density at radius 3 is 2.76 bits per heavy atom. The second-order valence-corrected chi connectivity index (χ2v) is 5.07. The van der Waals surface area contributed by atoms with Gasteiger partial charge in [0, 0.05) is 6.08 Å². The van der Waals surface area contributed by atoms with Crippen LogP contribution in [0.15, 0.2) is 58.3 Å². The first-order valence-corrected chi connectivity index (χ1v) is 7.11. The number of amides is 1. The van der Waals surface area contributed by atoms with E-state index in [4.69, 9.17) is 4.42 Å². The first-order valence-electron chi connectivity index (χ1n) is 6.23. The molecule has 0 fully saturated rings. The summed E-state index contributed by atoms with van der Waals surface area (Å²) in [6.07, 6.45) is 3.14. The van der Waals surface area contributed by atoms with Crippen LogP contribution in [0, 0.1) is 0 Å². The average Bonchev–Trinajstić information content (AvgIpc) is 3.17. The van der Waals surface area contributed by atoms with E-state index in [1.54, 1.807) is 6.08 Å². The van der Waals surface area contributed by atoms with Gasteiger partial charge in [-0.05, 0) is 23.1 Å². The third-order valence-electron chi connectivity index (χ3n) is 2.61. The lowest BCUT2D eigenvalue weighted by Gasteiger charge is -1.94. The van der Waals surface area contributed by atoms with E-state index in [2.05, 4.69) is 15.5 Å². The lowest BCUT2D eigenvalue weighted by Crippen LogP contribution is -2.07. The number of nitrogens with zero attached hydrogens (tertiary/aromatic N) is 2. The molecular weight excluding hydrogens is 286 g/mol. The molecule has 0 aliphatic carbocycles. The van der Waals surface area contributed by atoms with Crippen molar-refractivity contribution in [1.82, 2.24) is 10.2 Å². The zero-order valence-electron chi connectivity index (χ0n) is 10.9. The first-order chi connectivity index (χ1) is 10.3. The van der Waals surface area contributed by atoms with Gasteiger partial charge in [0.1, 0.15) is 0 Å². The molecule has 0 radical (unpaired) electrons. The Labute approximate surface area is 125 Å². The predicted molar refractivity (Wildman–Crippen MR) is 81.7 cm³/mol. The van der Waals surface area contributed by atoms with Crippen LogP contribution in [0.1, 0.15) is 5.56 Å². The molecule has 6 heteroatoms. The van der Waals surface area contributed by atoms with E-state index in [9.17, 15) is 4.79 Å². The molecule has 2 heterocycles. The van der Waals surface area contributed by atoms with Gasteiger partial charge in [-0.2, -0.15) is 0 Å². The number of aromatic nitrogens is 2. The second kappa shape index (κ2) is 6.15. The minimum Gasteiger partial charge on any atom is -0.402 e. The molecule has 1 amide bonds. The summed E-state index contributed by atoms with van der Waals surface area (Å²) >= 11 is 1.49. The van der Waals surface area contributed by atoms with Crippen molar-refractivity contribution < 1.29 is 9.21 Å². The number of carbonyl (C=O) groups excluding carboxylic acids is 1. The molecule has 3 aromatic rings. The van der Waals surface area contributed by atoms with Gasteiger partial charge in [0.15, 0.2) is 0 Å². The van der Waals surface area contributed by atoms with E-state index in [1.165, 1.54) is 17.4 Å². The van der Waals surface area contributed by atoms with Gasteiger partial charge in [-0.1, -0.05) is 41.5 Å². The SMILES string of the molecule is O=C(/C=C/c1ccccc1)Nc1nnc(-c2cccs2)o1. The largest absolute Gasteiger partial charge is 0.402 e. The molecule has 2 aromatic heterocycles. The number of carbonyl (C=O) groups is 1. The maximum Gasteiger partial charge on any atom is 0.322 e. The Balaban J connectivity index is 1.64. The summed E-state index contributed by atoms with van der Waals surface area (Å²) in [5.74, 6) is 0.0765. The lowest BCUT2D eigenvalue weighted by atomic mass is 10.2. The van der Waals surface area contributed by atoms with Crippen molar-refractivity contribution in [2.24, 2.45) is 0 Å². The molecule has 0 bridgehead atoms. The lowest BCUT2D eigenvalue weighted by molar-refractivity contribution is -0.112. The third kappa shape index (κ3) is 3.43. The van der Waals surface area contributed by atoms with Crippen LogP contribution in [0.2, 0.25) is 0 Å². The summed E-state index contributed by atoms with van der Waals surface area (Å²) in [6, 6.07) is 13.4. The topological polar surface area (TPSA) is 68.0 Å². The van der Waals surface area contributed by atoms with Crippen LogP contribution in [0.25, 0.3) is 16.8 Å². The molecular formula is C15H11N3O2S. The third-order valence-corrected chi connectivity index (χ3v) is 3.47. The maximum absolute atomic E-state index is 11.8. The molecule has 0 aliphatic heterocycles. The number of rotatable bonds is 4. The standard InChI is InChI=1S/C15H11N3O2S/c19-13(9-8-11-5-2-1-3-6-11)16-15-18-17-14(20-15)12-7-4-10-21-12/h1-10H,(H,16,18,19)/b9-8+. The van der Waals surface area contributed by atoms with Gasteiger partial charge in [0.25, 0.3) is 11.8 Å². The van der Waals surface area contributed by atoms with Gasteiger partial charge in [-0.3, -0.25) is 10.1 Å². The fourth-order valence-corrected chi connectivity index (χ4v) is 2.30. The van der Waals surface area contributed by atoms with E-state index < -0.39 is 0 Å². The minimum absolute atomic E-state index is 0.0844. The van der Waals surface area contributed by atoms with Crippen LogP contribution in [-0.2, 0) is 4.79 Å². The summed E-state index contributed by atoms with van der Waals surface area (Å²) in [4.78, 5) is 12.6. The molecule has 1 aromatic carbocycles. The molecule has 21 heavy (non-hydrogen) atoms. The van der Waals surface area contributed by atoms with Crippen LogP contribution < -0.4 is 5.32 Å². The van der Waals surface area contributed by atoms with Crippen LogP contribution in [0.4, 0.5) is 6.01 Å². The Kier molecular flexibility index (Phi) is 3.88. The van der Waals surface area contributed by atoms with E-state index in [1.807, 2.05) is 47.8 Å². The minimum atomic E-state index is -0.319. The second-order valence-electron chi connectivity index (χ2n) is 4.12. The number of benzene rings is 1. The molecule has 0 aliphatic rings. The van der Waals surface area contributed by atoms with Gasteiger partial charge < -0.3 is 4.42 Å². The Morgan fingerprint density at radius 2 is 2.00 bits per heavy atom. The molecule has 0 spiro atoms. The van der Waals surface area contributed by atoms with Crippen molar-refractivity contribution in [3.63, 3.8) is 0 Å². The summed E-state index contributed by atoms with van der Waals surface area (Å²) < 4.78 is 5.37. The van der Waals surface area contributed by atoms with Crippen molar-refractivity contribution >= 4 is 29.3 Å². The van der Waals surface area contributed by atoms with Gasteiger partial charge in [-0.15, -0.1) is 16.4 Å². The fourth-order valence-electron chi connectivity index (χ4n) is 1.66. The summed E-state index contributed by atoms with van der Waals surface area (Å²) in [7, 11) is 0. The Morgan fingerprint density at radius 1 is 1.14 bits per heavy atom. The predicted octanol–water partition coefficient (Wildman–Crippen LogP) is 3.45. The normalized spacial score (nSPS) is 10.9. The molecule has 1 N–H and O–H groups in total. The zero-order chi connectivity index (χ0) is 14.5. The highest BCUT2D eigenvalue weighted by Crippen LogP contribution is 2.24. The van der Waals surface area contributed by atoms with Crippen LogP contribution >= 0.6 is 11.3 Å². The first kappa shape index (κ1) is 13.3. The maximum atomic E-state index is 11.8. The molecule has 0 saturated heterocycles. The number of anilines is 1. The quantitative estimate of drug-likeness (QED) is 0.749. The monoisotopic (exact) mass is 297 g/mol. The average molecular weight is 297 g/mol. The van der Waals surface area contributed by atoms with Gasteiger partial charge in [-0.25, -0.2) is 0 Å². The summed E-state index contributed by atoms with van der Waals surface area (Å²) in [6.45, 7) is 0. The van der Waals surface area contributed by atoms with Crippen molar-refractivity contribution in [3.8, 4) is 10.8 Å². The zero-order valence-corrected chi connectivity index (χ0v) is 11.7. The van der Waals surface area contributed by atoms with E-state index in [-0.39, 0.29) is 11.9 Å². The smallest absolute Gasteiger partial charge is 0.322 e. The molecule has 0 saturated carbocycles. The molecule has 3 rings (SSSR count). The van der Waals surface area contributed by atoms with E-state index >= 15 is 0 Å². The van der Waals surface area contributed by atoms with Crippen molar-refractivity contribution in [1.29, 1.82) is 0 Å². The van der Waals surface area contributed by atoms with Gasteiger partial charge in [0.2, 0.25) is 0 Å². The highest BCUT2D eigenvalue weighted by atomic mass is 32.1. The Bertz CT molecular complexity index is 748. The molecule has 104 valence electrons. The molecule has 0 unspecified atom stereocenters. The van der Waals surface area contributed by atoms with Gasteiger partial charge in [0.05, 0.1) is 4.88 Å². The summed E-state index contributed by atoms with van der Waals surface area (Å²) in [5.41, 5.74) is 0.942. The van der Waals surface area contributed by atoms with E-state index in [0.29, 0.717) is 5.89 Å². The van der Waals surface area contributed by atoms with Crippen molar-refractivity contribution in [3.05, 3.63) is 59.5 Å². The number of hydrogen-bond donors (Lipinski definition) is 1. The van der Waals surface area contributed by atoms with Crippen LogP contribution in [0.5, 0.6) is 0 Å². The number of nitrogens with one attached hydrogen (secondary N) is 1. The number of hydrogen-bond acceptors (Lipinski definition) is 5. The van der Waals surface area contributed by atoms with E-state index in [0.717, 1.165) is 10.4 Å². The highest BCUT2D eigenvalue weighted by Gasteiger charge is 2.10. The van der Waals surface area contributed by atoms with Crippen LogP contribution in [-0.4, -0.2) is 16.1 Å². The number of thiophene rings is 1. The van der Waals surface area contributed by atoms with Crippen molar-refractivity contribution in [2.75, 3.05) is 5.32 Å². The van der Waals surface area contributed by atoms with Crippen LogP contribution in [0.3, 0.4) is 0 Å².